The van der Waals surface area contributed by atoms with E-state index >= 15 is 0 Å². The molecule has 0 fully saturated rings. The van der Waals surface area contributed by atoms with Gasteiger partial charge in [-0.1, -0.05) is 30.2 Å². The van der Waals surface area contributed by atoms with E-state index in [0.29, 0.717) is 6.42 Å². The van der Waals surface area contributed by atoms with Gasteiger partial charge in [0.2, 0.25) is 5.91 Å². The molecule has 2 heteroatoms. The minimum absolute atomic E-state index is 0.237. The van der Waals surface area contributed by atoms with Crippen LogP contribution in [0.25, 0.3) is 0 Å². The minimum Gasteiger partial charge on any atom is -0.339 e. The van der Waals surface area contributed by atoms with Crippen molar-refractivity contribution in [3.05, 3.63) is 23.3 Å². The lowest BCUT2D eigenvalue weighted by atomic mass is 10.1. The molecule has 0 bridgehead atoms. The molecule has 0 atom stereocenters. The van der Waals surface area contributed by atoms with Crippen molar-refractivity contribution in [3.63, 3.8) is 0 Å². The number of hydrogen-bond acceptors (Lipinski definition) is 1. The Balaban J connectivity index is 4.11. The Labute approximate surface area is 106 Å². The molecule has 0 saturated carbocycles. The van der Waals surface area contributed by atoms with E-state index in [-0.39, 0.29) is 5.91 Å². The van der Waals surface area contributed by atoms with Crippen molar-refractivity contribution in [3.8, 4) is 0 Å². The zero-order chi connectivity index (χ0) is 13.3. The quantitative estimate of drug-likeness (QED) is 0.614. The number of allylic oxidation sites excluding steroid dienone is 3. The van der Waals surface area contributed by atoms with Crippen molar-refractivity contribution in [1.82, 2.24) is 4.90 Å². The Hall–Kier alpha value is -1.05. The van der Waals surface area contributed by atoms with Crippen LogP contribution >= 0.6 is 0 Å². The lowest BCUT2D eigenvalue weighted by Crippen LogP contribution is -2.30. The number of amides is 1. The second kappa shape index (κ2) is 9.03. The van der Waals surface area contributed by atoms with Gasteiger partial charge >= 0.3 is 0 Å². The van der Waals surface area contributed by atoms with Crippen molar-refractivity contribution in [2.75, 3.05) is 13.1 Å². The molecule has 17 heavy (non-hydrogen) atoms. The van der Waals surface area contributed by atoms with Crippen LogP contribution in [0.2, 0.25) is 0 Å². The van der Waals surface area contributed by atoms with E-state index in [1.54, 1.807) is 0 Å². The molecule has 0 saturated heterocycles. The van der Waals surface area contributed by atoms with Crippen molar-refractivity contribution in [1.29, 1.82) is 0 Å². The smallest absolute Gasteiger partial charge is 0.222 e. The van der Waals surface area contributed by atoms with E-state index in [2.05, 4.69) is 32.9 Å². The number of likely N-dealkylation sites (N-methyl/N-ethyl adjacent to an activating group) is 1. The third-order valence-electron chi connectivity index (χ3n) is 2.79. The summed E-state index contributed by atoms with van der Waals surface area (Å²) in [5.74, 6) is 0.237. The number of nitrogens with zero attached hydrogens (tertiary/aromatic N) is 1. The second-order valence-electron chi connectivity index (χ2n) is 4.66. The highest BCUT2D eigenvalue weighted by Crippen LogP contribution is 2.07. The van der Waals surface area contributed by atoms with Gasteiger partial charge in [-0.3, -0.25) is 4.79 Å². The van der Waals surface area contributed by atoms with Gasteiger partial charge in [0.05, 0.1) is 0 Å². The van der Waals surface area contributed by atoms with E-state index < -0.39 is 0 Å². The highest BCUT2D eigenvalue weighted by atomic mass is 16.2. The van der Waals surface area contributed by atoms with Crippen LogP contribution in [0.15, 0.2) is 23.3 Å². The van der Waals surface area contributed by atoms with Crippen molar-refractivity contribution in [2.45, 2.75) is 53.9 Å². The summed E-state index contributed by atoms with van der Waals surface area (Å²) in [6.07, 6.45) is 7.21. The Kier molecular flexibility index (Phi) is 8.47. The molecular weight excluding hydrogens is 210 g/mol. The van der Waals surface area contributed by atoms with Crippen LogP contribution in [-0.2, 0) is 4.79 Å². The van der Waals surface area contributed by atoms with Crippen LogP contribution in [0.5, 0.6) is 0 Å². The van der Waals surface area contributed by atoms with Gasteiger partial charge in [0, 0.05) is 19.5 Å². The van der Waals surface area contributed by atoms with E-state index in [1.807, 2.05) is 18.7 Å². The van der Waals surface area contributed by atoms with Crippen LogP contribution in [0.3, 0.4) is 0 Å². The van der Waals surface area contributed by atoms with E-state index in [9.17, 15) is 4.79 Å². The summed E-state index contributed by atoms with van der Waals surface area (Å²) in [5.41, 5.74) is 2.74. The molecule has 0 aromatic heterocycles. The summed E-state index contributed by atoms with van der Waals surface area (Å²) in [5, 5.41) is 0. The summed E-state index contributed by atoms with van der Waals surface area (Å²) in [4.78, 5) is 13.4. The molecule has 0 aliphatic carbocycles. The predicted molar refractivity (Wildman–Crippen MR) is 75.0 cm³/mol. The van der Waals surface area contributed by atoms with Crippen LogP contribution in [-0.4, -0.2) is 23.9 Å². The first-order valence-electron chi connectivity index (χ1n) is 6.58. The van der Waals surface area contributed by atoms with Crippen LogP contribution in [0, 0.1) is 0 Å². The maximum Gasteiger partial charge on any atom is 0.222 e. The highest BCUT2D eigenvalue weighted by molar-refractivity contribution is 5.75. The average molecular weight is 237 g/mol. The zero-order valence-corrected chi connectivity index (χ0v) is 12.0. The second-order valence-corrected chi connectivity index (χ2v) is 4.66. The fraction of sp³-hybridized carbons (Fsp3) is 0.667. The fourth-order valence-electron chi connectivity index (χ4n) is 1.59. The van der Waals surface area contributed by atoms with Gasteiger partial charge in [-0.25, -0.2) is 0 Å². The number of hydrogen-bond donors (Lipinski definition) is 0. The molecule has 0 spiro atoms. The van der Waals surface area contributed by atoms with Gasteiger partial charge in [-0.2, -0.15) is 0 Å². The largest absolute Gasteiger partial charge is 0.339 e. The predicted octanol–water partition coefficient (Wildman–Crippen LogP) is 3.94. The first-order valence-corrected chi connectivity index (χ1v) is 6.58. The molecule has 0 aromatic carbocycles. The maximum atomic E-state index is 11.5. The maximum absolute atomic E-state index is 11.5. The molecule has 0 radical (unpaired) electrons. The van der Waals surface area contributed by atoms with Gasteiger partial charge in [-0.15, -0.1) is 0 Å². The van der Waals surface area contributed by atoms with Gasteiger partial charge in [-0.05, 0) is 40.5 Å². The topological polar surface area (TPSA) is 20.3 Å². The van der Waals surface area contributed by atoms with E-state index in [4.69, 9.17) is 0 Å². The standard InChI is InChI=1S/C15H27NO/c1-6-15(17)16(7-2)12-11-14(5)10-8-9-13(3)4/h9,11H,6-8,10,12H2,1-5H3. The molecule has 1 amide bonds. The highest BCUT2D eigenvalue weighted by Gasteiger charge is 2.06. The summed E-state index contributed by atoms with van der Waals surface area (Å²) in [7, 11) is 0. The first kappa shape index (κ1) is 16.0. The van der Waals surface area contributed by atoms with Crippen LogP contribution < -0.4 is 0 Å². The van der Waals surface area contributed by atoms with Crippen LogP contribution in [0.4, 0.5) is 0 Å². The summed E-state index contributed by atoms with van der Waals surface area (Å²) in [6, 6.07) is 0. The Bertz CT molecular complexity index is 285. The third-order valence-corrected chi connectivity index (χ3v) is 2.79. The normalized spacial score (nSPS) is 11.2. The number of carbonyl (C=O) groups excluding carboxylic acids is 1. The Morgan fingerprint density at radius 2 is 1.76 bits per heavy atom. The molecule has 2 nitrogen and oxygen atoms in total. The molecular formula is C15H27NO. The SMILES string of the molecule is CCC(=O)N(CC)CC=C(C)CCC=C(C)C. The van der Waals surface area contributed by atoms with Gasteiger partial charge in [0.15, 0.2) is 0 Å². The molecule has 0 unspecified atom stereocenters. The Morgan fingerprint density at radius 1 is 1.12 bits per heavy atom. The molecule has 0 rings (SSSR count). The lowest BCUT2D eigenvalue weighted by Gasteiger charge is -2.18. The molecule has 0 heterocycles. The minimum atomic E-state index is 0.237. The lowest BCUT2D eigenvalue weighted by molar-refractivity contribution is -0.130. The van der Waals surface area contributed by atoms with Crippen LogP contribution in [0.1, 0.15) is 53.9 Å². The van der Waals surface area contributed by atoms with Crippen molar-refractivity contribution in [2.24, 2.45) is 0 Å². The summed E-state index contributed by atoms with van der Waals surface area (Å²) >= 11 is 0. The fourth-order valence-corrected chi connectivity index (χ4v) is 1.59. The monoisotopic (exact) mass is 237 g/mol. The molecule has 0 aromatic rings. The molecule has 0 N–H and O–H groups in total. The van der Waals surface area contributed by atoms with Crippen molar-refractivity contribution < 1.29 is 4.79 Å². The molecule has 0 aliphatic heterocycles. The first-order chi connectivity index (χ1) is 8.01. The van der Waals surface area contributed by atoms with Gasteiger partial charge < -0.3 is 4.90 Å². The third kappa shape index (κ3) is 7.78. The Morgan fingerprint density at radius 3 is 2.24 bits per heavy atom. The van der Waals surface area contributed by atoms with Gasteiger partial charge in [0.1, 0.15) is 0 Å². The zero-order valence-electron chi connectivity index (χ0n) is 12.0. The molecule has 98 valence electrons. The number of carbonyl (C=O) groups is 1. The van der Waals surface area contributed by atoms with Gasteiger partial charge in [0.25, 0.3) is 0 Å². The van der Waals surface area contributed by atoms with Crippen molar-refractivity contribution >= 4 is 5.91 Å². The summed E-state index contributed by atoms with van der Waals surface area (Å²) in [6.45, 7) is 11.9. The van der Waals surface area contributed by atoms with E-state index in [1.165, 1.54) is 11.1 Å². The summed E-state index contributed by atoms with van der Waals surface area (Å²) < 4.78 is 0. The van der Waals surface area contributed by atoms with E-state index in [0.717, 1.165) is 25.9 Å². The average Bonchev–Trinajstić information content (AvgIpc) is 2.28. The molecule has 0 aliphatic rings. The number of rotatable bonds is 7.